The number of hydrogen-bond acceptors (Lipinski definition) is 3. The number of piperidine rings is 1. The van der Waals surface area contributed by atoms with E-state index in [1.54, 1.807) is 0 Å². The van der Waals surface area contributed by atoms with E-state index in [2.05, 4.69) is 22.0 Å². The SMILES string of the molecule is O=C(C1CCCC1)N1CCC(N[C@H]2CCCSC2)CC1. The second kappa shape index (κ2) is 7.17. The number of carbonyl (C=O) groups excluding carboxylic acids is 1. The molecule has 1 atom stereocenters. The van der Waals surface area contributed by atoms with Crippen LogP contribution in [0.25, 0.3) is 0 Å². The summed E-state index contributed by atoms with van der Waals surface area (Å²) in [6.07, 6.45) is 9.79. The third kappa shape index (κ3) is 3.70. The number of rotatable bonds is 3. The Bertz CT molecular complexity index is 316. The summed E-state index contributed by atoms with van der Waals surface area (Å²) in [7, 11) is 0. The molecule has 1 saturated carbocycles. The van der Waals surface area contributed by atoms with E-state index in [0.29, 0.717) is 17.9 Å². The van der Waals surface area contributed by atoms with E-state index in [1.165, 1.54) is 37.2 Å². The monoisotopic (exact) mass is 296 g/mol. The van der Waals surface area contributed by atoms with Crippen LogP contribution in [0.4, 0.5) is 0 Å². The minimum absolute atomic E-state index is 0.356. The lowest BCUT2D eigenvalue weighted by atomic mass is 10.00. The molecule has 114 valence electrons. The molecule has 2 heterocycles. The molecule has 0 unspecified atom stereocenters. The van der Waals surface area contributed by atoms with Gasteiger partial charge >= 0.3 is 0 Å². The standard InChI is InChI=1S/C16H28N2OS/c19-16(13-4-1-2-5-13)18-9-7-14(8-10-18)17-15-6-3-11-20-12-15/h13-15,17H,1-12H2/t15-/m0/s1. The zero-order chi connectivity index (χ0) is 13.8. The van der Waals surface area contributed by atoms with Gasteiger partial charge in [-0.25, -0.2) is 0 Å². The van der Waals surface area contributed by atoms with E-state index in [4.69, 9.17) is 0 Å². The Morgan fingerprint density at radius 1 is 0.950 bits per heavy atom. The van der Waals surface area contributed by atoms with Crippen molar-refractivity contribution in [2.24, 2.45) is 5.92 Å². The van der Waals surface area contributed by atoms with Crippen molar-refractivity contribution in [2.45, 2.75) is 63.5 Å². The average Bonchev–Trinajstić information content (AvgIpc) is 3.03. The highest BCUT2D eigenvalue weighted by Crippen LogP contribution is 2.28. The Hall–Kier alpha value is -0.220. The van der Waals surface area contributed by atoms with Gasteiger partial charge in [0.05, 0.1) is 0 Å². The van der Waals surface area contributed by atoms with Gasteiger partial charge in [0, 0.05) is 36.8 Å². The van der Waals surface area contributed by atoms with Crippen molar-refractivity contribution in [1.82, 2.24) is 10.2 Å². The molecule has 1 N–H and O–H groups in total. The first-order valence-corrected chi connectivity index (χ1v) is 9.61. The number of nitrogens with one attached hydrogen (secondary N) is 1. The summed E-state index contributed by atoms with van der Waals surface area (Å²) in [6.45, 7) is 1.96. The van der Waals surface area contributed by atoms with E-state index in [-0.39, 0.29) is 0 Å². The van der Waals surface area contributed by atoms with Gasteiger partial charge in [-0.3, -0.25) is 4.79 Å². The molecule has 0 bridgehead atoms. The van der Waals surface area contributed by atoms with Gasteiger partial charge in [-0.2, -0.15) is 11.8 Å². The zero-order valence-corrected chi connectivity index (χ0v) is 13.3. The lowest BCUT2D eigenvalue weighted by molar-refractivity contribution is -0.136. The Kier molecular flexibility index (Phi) is 5.27. The molecule has 2 saturated heterocycles. The summed E-state index contributed by atoms with van der Waals surface area (Å²) >= 11 is 2.09. The number of nitrogens with zero attached hydrogens (tertiary/aromatic N) is 1. The molecular formula is C16H28N2OS. The number of likely N-dealkylation sites (tertiary alicyclic amines) is 1. The maximum Gasteiger partial charge on any atom is 0.225 e. The van der Waals surface area contributed by atoms with Crippen LogP contribution in [0.3, 0.4) is 0 Å². The van der Waals surface area contributed by atoms with E-state index >= 15 is 0 Å². The Morgan fingerprint density at radius 3 is 2.35 bits per heavy atom. The molecule has 1 amide bonds. The van der Waals surface area contributed by atoms with Crippen molar-refractivity contribution in [3.8, 4) is 0 Å². The fourth-order valence-electron chi connectivity index (χ4n) is 3.90. The fraction of sp³-hybridized carbons (Fsp3) is 0.938. The van der Waals surface area contributed by atoms with Crippen LogP contribution in [0.15, 0.2) is 0 Å². The van der Waals surface area contributed by atoms with Gasteiger partial charge in [0.15, 0.2) is 0 Å². The van der Waals surface area contributed by atoms with E-state index in [1.807, 2.05) is 0 Å². The molecular weight excluding hydrogens is 268 g/mol. The lowest BCUT2D eigenvalue weighted by Gasteiger charge is -2.36. The molecule has 1 aliphatic carbocycles. The topological polar surface area (TPSA) is 32.3 Å². The third-order valence-electron chi connectivity index (χ3n) is 5.14. The molecule has 0 aromatic heterocycles. The van der Waals surface area contributed by atoms with Gasteiger partial charge in [-0.1, -0.05) is 12.8 Å². The second-order valence-electron chi connectivity index (χ2n) is 6.66. The maximum atomic E-state index is 12.4. The van der Waals surface area contributed by atoms with Gasteiger partial charge in [0.2, 0.25) is 5.91 Å². The summed E-state index contributed by atoms with van der Waals surface area (Å²) in [5, 5.41) is 3.83. The Balaban J connectivity index is 1.40. The van der Waals surface area contributed by atoms with E-state index in [0.717, 1.165) is 44.8 Å². The summed E-state index contributed by atoms with van der Waals surface area (Å²) in [5.74, 6) is 3.43. The van der Waals surface area contributed by atoms with Crippen LogP contribution in [0, 0.1) is 5.92 Å². The van der Waals surface area contributed by atoms with Crippen LogP contribution < -0.4 is 5.32 Å². The minimum Gasteiger partial charge on any atom is -0.342 e. The first kappa shape index (κ1) is 14.7. The fourth-order valence-corrected chi connectivity index (χ4v) is 4.99. The first-order chi connectivity index (χ1) is 9.83. The van der Waals surface area contributed by atoms with Gasteiger partial charge in [-0.05, 0) is 44.3 Å². The summed E-state index contributed by atoms with van der Waals surface area (Å²) in [6, 6.07) is 1.36. The maximum absolute atomic E-state index is 12.4. The van der Waals surface area contributed by atoms with Crippen LogP contribution in [0.5, 0.6) is 0 Å². The normalized spacial score (nSPS) is 29.8. The predicted molar refractivity (Wildman–Crippen MR) is 85.0 cm³/mol. The lowest BCUT2D eigenvalue weighted by Crippen LogP contribution is -2.49. The third-order valence-corrected chi connectivity index (χ3v) is 6.36. The molecule has 0 spiro atoms. The Morgan fingerprint density at radius 2 is 1.70 bits per heavy atom. The van der Waals surface area contributed by atoms with Crippen molar-refractivity contribution < 1.29 is 4.79 Å². The van der Waals surface area contributed by atoms with Crippen LogP contribution in [0.2, 0.25) is 0 Å². The molecule has 0 radical (unpaired) electrons. The Labute approximate surface area is 127 Å². The smallest absolute Gasteiger partial charge is 0.225 e. The molecule has 0 aromatic rings. The van der Waals surface area contributed by atoms with Gasteiger partial charge < -0.3 is 10.2 Å². The van der Waals surface area contributed by atoms with Crippen LogP contribution in [-0.2, 0) is 4.79 Å². The molecule has 0 aromatic carbocycles. The molecule has 4 heteroatoms. The molecule has 3 rings (SSSR count). The number of thioether (sulfide) groups is 1. The highest BCUT2D eigenvalue weighted by atomic mass is 32.2. The van der Waals surface area contributed by atoms with Crippen molar-refractivity contribution in [3.63, 3.8) is 0 Å². The van der Waals surface area contributed by atoms with Gasteiger partial charge in [-0.15, -0.1) is 0 Å². The first-order valence-electron chi connectivity index (χ1n) is 8.45. The second-order valence-corrected chi connectivity index (χ2v) is 7.81. The molecule has 3 nitrogen and oxygen atoms in total. The van der Waals surface area contributed by atoms with Crippen molar-refractivity contribution in [3.05, 3.63) is 0 Å². The van der Waals surface area contributed by atoms with Crippen molar-refractivity contribution in [1.29, 1.82) is 0 Å². The molecule has 2 aliphatic heterocycles. The average molecular weight is 296 g/mol. The van der Waals surface area contributed by atoms with E-state index in [9.17, 15) is 4.79 Å². The van der Waals surface area contributed by atoms with Crippen LogP contribution >= 0.6 is 11.8 Å². The highest BCUT2D eigenvalue weighted by Gasteiger charge is 2.30. The molecule has 20 heavy (non-hydrogen) atoms. The van der Waals surface area contributed by atoms with E-state index < -0.39 is 0 Å². The largest absolute Gasteiger partial charge is 0.342 e. The van der Waals surface area contributed by atoms with Crippen molar-refractivity contribution >= 4 is 17.7 Å². The summed E-state index contributed by atoms with van der Waals surface area (Å²) < 4.78 is 0. The van der Waals surface area contributed by atoms with Gasteiger partial charge in [0.1, 0.15) is 0 Å². The highest BCUT2D eigenvalue weighted by molar-refractivity contribution is 7.99. The minimum atomic E-state index is 0.356. The zero-order valence-electron chi connectivity index (χ0n) is 12.5. The number of carbonyl (C=O) groups is 1. The van der Waals surface area contributed by atoms with Crippen LogP contribution in [0.1, 0.15) is 51.4 Å². The van der Waals surface area contributed by atoms with Crippen LogP contribution in [-0.4, -0.2) is 47.5 Å². The number of amides is 1. The summed E-state index contributed by atoms with van der Waals surface area (Å²) in [4.78, 5) is 14.5. The molecule has 3 fully saturated rings. The van der Waals surface area contributed by atoms with Gasteiger partial charge in [0.25, 0.3) is 0 Å². The predicted octanol–water partition coefficient (Wildman–Crippen LogP) is 2.65. The number of hydrogen-bond donors (Lipinski definition) is 1. The summed E-state index contributed by atoms with van der Waals surface area (Å²) in [5.41, 5.74) is 0. The molecule has 3 aliphatic rings. The van der Waals surface area contributed by atoms with Crippen molar-refractivity contribution in [2.75, 3.05) is 24.6 Å². The quantitative estimate of drug-likeness (QED) is 0.869.